The Balaban J connectivity index is 1.38. The van der Waals surface area contributed by atoms with Crippen LogP contribution in [0.5, 0.6) is 17.2 Å². The Morgan fingerprint density at radius 1 is 0.971 bits per heavy atom. The van der Waals surface area contributed by atoms with Crippen molar-refractivity contribution in [3.05, 3.63) is 68.8 Å². The standard InChI is InChI=1S/C27H28N2O4S/c1-3-31-21-13-12-17(14-22(21)32-4-2)16-33-19-9-7-8-18(15-19)25-28-26(30)24-20-10-5-6-11-23(20)34-27(24)29-25/h7-9,12-15H,3-6,10-11,16H2,1-2H3,(H,28,29,30). The molecule has 1 N–H and O–H groups in total. The van der Waals surface area contributed by atoms with E-state index in [-0.39, 0.29) is 5.56 Å². The van der Waals surface area contributed by atoms with Gasteiger partial charge in [0.2, 0.25) is 0 Å². The maximum absolute atomic E-state index is 12.9. The number of benzene rings is 2. The van der Waals surface area contributed by atoms with E-state index >= 15 is 0 Å². The number of aryl methyl sites for hydroxylation is 2. The molecule has 0 radical (unpaired) electrons. The van der Waals surface area contributed by atoms with Crippen LogP contribution in [0.15, 0.2) is 47.3 Å². The molecule has 0 aliphatic heterocycles. The van der Waals surface area contributed by atoms with Crippen molar-refractivity contribution >= 4 is 21.6 Å². The first-order valence-corrected chi connectivity index (χ1v) is 12.6. The number of H-pyrrole nitrogens is 1. The number of fused-ring (bicyclic) bond motifs is 3. The monoisotopic (exact) mass is 476 g/mol. The van der Waals surface area contributed by atoms with Crippen molar-refractivity contribution in [2.24, 2.45) is 0 Å². The summed E-state index contributed by atoms with van der Waals surface area (Å²) < 4.78 is 17.4. The third kappa shape index (κ3) is 4.53. The van der Waals surface area contributed by atoms with Crippen molar-refractivity contribution in [1.29, 1.82) is 0 Å². The van der Waals surface area contributed by atoms with Crippen molar-refractivity contribution < 1.29 is 14.2 Å². The third-order valence-corrected chi connectivity index (χ3v) is 7.13. The molecule has 34 heavy (non-hydrogen) atoms. The number of nitrogens with one attached hydrogen (secondary N) is 1. The molecule has 6 nitrogen and oxygen atoms in total. The normalized spacial score (nSPS) is 13.0. The number of aromatic nitrogens is 2. The number of hydrogen-bond acceptors (Lipinski definition) is 6. The SMILES string of the molecule is CCOc1ccc(COc2cccc(-c3nc4sc5c(c4c(=O)[nH]3)CCCC5)c2)cc1OCC. The maximum Gasteiger partial charge on any atom is 0.260 e. The van der Waals surface area contributed by atoms with Crippen LogP contribution in [0, 0.1) is 0 Å². The number of ether oxygens (including phenoxy) is 3. The van der Waals surface area contributed by atoms with Crippen LogP contribution in [0.4, 0.5) is 0 Å². The number of hydrogen-bond donors (Lipinski definition) is 1. The second-order valence-electron chi connectivity index (χ2n) is 8.27. The molecule has 0 fully saturated rings. The summed E-state index contributed by atoms with van der Waals surface area (Å²) >= 11 is 1.66. The van der Waals surface area contributed by atoms with Crippen LogP contribution in [-0.4, -0.2) is 23.2 Å². The summed E-state index contributed by atoms with van der Waals surface area (Å²) in [5.41, 5.74) is 2.95. The zero-order chi connectivity index (χ0) is 23.5. The summed E-state index contributed by atoms with van der Waals surface area (Å²) in [7, 11) is 0. The molecule has 0 unspecified atom stereocenters. The molecule has 4 aromatic rings. The molecular weight excluding hydrogens is 448 g/mol. The van der Waals surface area contributed by atoms with Crippen molar-refractivity contribution in [1.82, 2.24) is 9.97 Å². The molecule has 0 atom stereocenters. The summed E-state index contributed by atoms with van der Waals surface area (Å²) in [6.07, 6.45) is 4.34. The summed E-state index contributed by atoms with van der Waals surface area (Å²) in [5.74, 6) is 2.72. The van der Waals surface area contributed by atoms with Gasteiger partial charge in [-0.2, -0.15) is 0 Å². The summed E-state index contributed by atoms with van der Waals surface area (Å²) in [5, 5.41) is 0.774. The van der Waals surface area contributed by atoms with Crippen molar-refractivity contribution in [2.45, 2.75) is 46.1 Å². The smallest absolute Gasteiger partial charge is 0.260 e. The molecule has 0 saturated heterocycles. The van der Waals surface area contributed by atoms with E-state index in [4.69, 9.17) is 19.2 Å². The number of thiophene rings is 1. The van der Waals surface area contributed by atoms with Gasteiger partial charge in [0, 0.05) is 10.4 Å². The summed E-state index contributed by atoms with van der Waals surface area (Å²) in [6.45, 7) is 5.43. The van der Waals surface area contributed by atoms with Crippen molar-refractivity contribution in [3.8, 4) is 28.6 Å². The molecular formula is C27H28N2O4S. The molecule has 2 aromatic carbocycles. The number of rotatable bonds is 8. The van der Waals surface area contributed by atoms with Crippen LogP contribution in [0.2, 0.25) is 0 Å². The average molecular weight is 477 g/mol. The molecule has 2 aromatic heterocycles. The van der Waals surface area contributed by atoms with E-state index in [0.717, 1.165) is 46.4 Å². The second kappa shape index (κ2) is 9.89. The zero-order valence-electron chi connectivity index (χ0n) is 19.5. The molecule has 1 aliphatic rings. The van der Waals surface area contributed by atoms with Crippen LogP contribution in [0.3, 0.4) is 0 Å². The van der Waals surface area contributed by atoms with Gasteiger partial charge in [-0.05, 0) is 74.9 Å². The molecule has 0 bridgehead atoms. The van der Waals surface area contributed by atoms with Gasteiger partial charge in [-0.15, -0.1) is 11.3 Å². The van der Waals surface area contributed by atoms with Gasteiger partial charge in [-0.1, -0.05) is 18.2 Å². The Kier molecular flexibility index (Phi) is 6.54. The minimum absolute atomic E-state index is 0.0523. The van der Waals surface area contributed by atoms with E-state index in [1.807, 2.05) is 56.3 Å². The Morgan fingerprint density at radius 2 is 1.79 bits per heavy atom. The highest BCUT2D eigenvalue weighted by atomic mass is 32.1. The minimum atomic E-state index is -0.0523. The molecule has 176 valence electrons. The van der Waals surface area contributed by atoms with Gasteiger partial charge < -0.3 is 19.2 Å². The van der Waals surface area contributed by atoms with Crippen LogP contribution < -0.4 is 19.8 Å². The Morgan fingerprint density at radius 3 is 2.65 bits per heavy atom. The van der Waals surface area contributed by atoms with Crippen LogP contribution in [0.25, 0.3) is 21.6 Å². The lowest BCUT2D eigenvalue weighted by Crippen LogP contribution is -2.11. The molecule has 0 amide bonds. The van der Waals surface area contributed by atoms with E-state index in [1.54, 1.807) is 11.3 Å². The van der Waals surface area contributed by atoms with Gasteiger partial charge in [0.15, 0.2) is 11.5 Å². The highest BCUT2D eigenvalue weighted by Gasteiger charge is 2.20. The van der Waals surface area contributed by atoms with Gasteiger partial charge in [-0.3, -0.25) is 4.79 Å². The lowest BCUT2D eigenvalue weighted by atomic mass is 9.97. The first-order valence-electron chi connectivity index (χ1n) is 11.8. The van der Waals surface area contributed by atoms with Gasteiger partial charge in [-0.25, -0.2) is 4.98 Å². The fraction of sp³-hybridized carbons (Fsp3) is 0.333. The molecule has 2 heterocycles. The lowest BCUT2D eigenvalue weighted by Gasteiger charge is -2.13. The largest absolute Gasteiger partial charge is 0.490 e. The van der Waals surface area contributed by atoms with Gasteiger partial charge in [0.25, 0.3) is 5.56 Å². The summed E-state index contributed by atoms with van der Waals surface area (Å²) in [6, 6.07) is 13.5. The average Bonchev–Trinajstić information content (AvgIpc) is 3.24. The van der Waals surface area contributed by atoms with Crippen LogP contribution in [0.1, 0.15) is 42.7 Å². The molecule has 5 rings (SSSR count). The van der Waals surface area contributed by atoms with E-state index in [1.165, 1.54) is 16.9 Å². The fourth-order valence-electron chi connectivity index (χ4n) is 4.39. The molecule has 0 spiro atoms. The summed E-state index contributed by atoms with van der Waals surface area (Å²) in [4.78, 5) is 22.9. The highest BCUT2D eigenvalue weighted by molar-refractivity contribution is 7.18. The fourth-order valence-corrected chi connectivity index (χ4v) is 5.65. The van der Waals surface area contributed by atoms with Gasteiger partial charge >= 0.3 is 0 Å². The van der Waals surface area contributed by atoms with Crippen molar-refractivity contribution in [3.63, 3.8) is 0 Å². The van der Waals surface area contributed by atoms with Gasteiger partial charge in [0.05, 0.1) is 18.6 Å². The molecule has 1 aliphatic carbocycles. The first-order chi connectivity index (χ1) is 16.7. The first kappa shape index (κ1) is 22.5. The second-order valence-corrected chi connectivity index (χ2v) is 9.35. The maximum atomic E-state index is 12.9. The van der Waals surface area contributed by atoms with E-state index < -0.39 is 0 Å². The molecule has 0 saturated carbocycles. The zero-order valence-corrected chi connectivity index (χ0v) is 20.3. The predicted molar refractivity (Wildman–Crippen MR) is 135 cm³/mol. The van der Waals surface area contributed by atoms with E-state index in [9.17, 15) is 4.79 Å². The number of aromatic amines is 1. The highest BCUT2D eigenvalue weighted by Crippen LogP contribution is 2.34. The Hall–Kier alpha value is -3.32. The lowest BCUT2D eigenvalue weighted by molar-refractivity contribution is 0.283. The number of nitrogens with zero attached hydrogens (tertiary/aromatic N) is 1. The van der Waals surface area contributed by atoms with E-state index in [0.29, 0.717) is 37.1 Å². The third-order valence-electron chi connectivity index (χ3n) is 5.95. The Labute approximate surface area is 202 Å². The topological polar surface area (TPSA) is 73.4 Å². The van der Waals surface area contributed by atoms with Crippen LogP contribution >= 0.6 is 11.3 Å². The molecule has 7 heteroatoms. The van der Waals surface area contributed by atoms with Gasteiger partial charge in [0.1, 0.15) is 23.0 Å². The minimum Gasteiger partial charge on any atom is -0.490 e. The van der Waals surface area contributed by atoms with Crippen molar-refractivity contribution in [2.75, 3.05) is 13.2 Å². The van der Waals surface area contributed by atoms with Crippen LogP contribution in [-0.2, 0) is 19.4 Å². The van der Waals surface area contributed by atoms with E-state index in [2.05, 4.69) is 4.98 Å². The predicted octanol–water partition coefficient (Wildman–Crippen LogP) is 5.91. The Bertz CT molecular complexity index is 1380. The quantitative estimate of drug-likeness (QED) is 0.342.